The van der Waals surface area contributed by atoms with E-state index in [0.717, 1.165) is 36.1 Å². The minimum absolute atomic E-state index is 0.00957. The van der Waals surface area contributed by atoms with Gasteiger partial charge >= 0.3 is 0 Å². The second-order valence-corrected chi connectivity index (χ2v) is 10.5. The first-order valence-corrected chi connectivity index (χ1v) is 13.0. The number of hydrogen-bond acceptors (Lipinski definition) is 6. The molecular weight excluding hydrogens is 454 g/mol. The highest BCUT2D eigenvalue weighted by molar-refractivity contribution is 6.09. The van der Waals surface area contributed by atoms with Gasteiger partial charge in [-0.2, -0.15) is 5.06 Å². The monoisotopic (exact) mass is 485 g/mol. The van der Waals surface area contributed by atoms with Crippen molar-refractivity contribution in [3.05, 3.63) is 75.9 Å². The van der Waals surface area contributed by atoms with E-state index in [1.54, 1.807) is 0 Å². The summed E-state index contributed by atoms with van der Waals surface area (Å²) in [5.74, 6) is 0.145. The van der Waals surface area contributed by atoms with E-state index in [2.05, 4.69) is 52.7 Å². The number of amides is 1. The summed E-state index contributed by atoms with van der Waals surface area (Å²) in [6.07, 6.45) is 8.95. The predicted molar refractivity (Wildman–Crippen MR) is 137 cm³/mol. The fraction of sp³-hybridized carbons (Fsp3) is 0.414. The van der Waals surface area contributed by atoms with Gasteiger partial charge in [0.1, 0.15) is 6.10 Å². The van der Waals surface area contributed by atoms with Crippen LogP contribution in [-0.4, -0.2) is 66.2 Å². The SMILES string of the molecule is CN1OC(CO)CC1C1=CC2c3c4c(c5c(c3N(CCCO)C2C=C1)Cc1ccccc1-5)C(=O)NC4. The maximum absolute atomic E-state index is 13.2. The molecule has 1 fully saturated rings. The average Bonchev–Trinajstić information content (AvgIpc) is 3.64. The molecule has 2 aromatic carbocycles. The first-order chi connectivity index (χ1) is 17.6. The summed E-state index contributed by atoms with van der Waals surface area (Å²) < 4.78 is 0. The van der Waals surface area contributed by atoms with Crippen molar-refractivity contribution in [3.63, 3.8) is 0 Å². The summed E-state index contributed by atoms with van der Waals surface area (Å²) in [4.78, 5) is 21.5. The Bertz CT molecular complexity index is 1330. The van der Waals surface area contributed by atoms with Crippen LogP contribution in [0.1, 0.15) is 51.4 Å². The molecule has 2 aliphatic carbocycles. The Morgan fingerprint density at radius 3 is 2.83 bits per heavy atom. The third-order valence-corrected chi connectivity index (χ3v) is 8.62. The molecule has 7 nitrogen and oxygen atoms in total. The van der Waals surface area contributed by atoms with Gasteiger partial charge in [-0.25, -0.2) is 0 Å². The van der Waals surface area contributed by atoms with E-state index in [1.165, 1.54) is 33.5 Å². The van der Waals surface area contributed by atoms with Crippen LogP contribution >= 0.6 is 0 Å². The smallest absolute Gasteiger partial charge is 0.252 e. The molecule has 5 aliphatic rings. The fourth-order valence-electron chi connectivity index (χ4n) is 7.14. The molecule has 186 valence electrons. The van der Waals surface area contributed by atoms with Crippen molar-refractivity contribution in [2.24, 2.45) is 0 Å². The predicted octanol–water partition coefficient (Wildman–Crippen LogP) is 2.65. The average molecular weight is 486 g/mol. The topological polar surface area (TPSA) is 85.3 Å². The summed E-state index contributed by atoms with van der Waals surface area (Å²) in [5.41, 5.74) is 10.5. The van der Waals surface area contributed by atoms with Gasteiger partial charge in [0.05, 0.1) is 24.3 Å². The number of benzene rings is 2. The highest BCUT2D eigenvalue weighted by Crippen LogP contribution is 2.56. The molecule has 3 heterocycles. The number of nitrogens with zero attached hydrogens (tertiary/aromatic N) is 2. The number of hydroxylamine groups is 2. The minimum Gasteiger partial charge on any atom is -0.396 e. The number of aliphatic hydroxyl groups is 2. The molecule has 7 rings (SSSR count). The number of anilines is 1. The lowest BCUT2D eigenvalue weighted by Crippen LogP contribution is -2.36. The lowest BCUT2D eigenvalue weighted by Gasteiger charge is -2.31. The van der Waals surface area contributed by atoms with Crippen LogP contribution < -0.4 is 10.2 Å². The first kappa shape index (κ1) is 22.2. The molecule has 2 aromatic rings. The highest BCUT2D eigenvalue weighted by atomic mass is 16.7. The standard InChI is InChI=1S/C29H31N3O4/c1-31-24(13-18(15-34)36-31)17-7-8-23-20(12-17)26-22-14-30-29(35)27(22)25-19-6-3-2-5-16(19)11-21(25)28(26)32(23)9-4-10-33/h2-3,5-8,12,18,20,23-24,33-34H,4,9-11,13-15H2,1H3,(H,30,35). The van der Waals surface area contributed by atoms with E-state index >= 15 is 0 Å². The van der Waals surface area contributed by atoms with Gasteiger partial charge in [0, 0.05) is 50.3 Å². The van der Waals surface area contributed by atoms with Crippen molar-refractivity contribution >= 4 is 11.6 Å². The van der Waals surface area contributed by atoms with E-state index in [9.17, 15) is 15.0 Å². The number of likely N-dealkylation sites (N-methyl/N-ethyl adjacent to an activating group) is 1. The summed E-state index contributed by atoms with van der Waals surface area (Å²) in [6.45, 7) is 1.47. The Kier molecular flexibility index (Phi) is 5.12. The molecule has 3 aliphatic heterocycles. The number of nitrogens with one attached hydrogen (secondary N) is 1. The Balaban J connectivity index is 1.41. The van der Waals surface area contributed by atoms with E-state index in [-0.39, 0.29) is 43.2 Å². The van der Waals surface area contributed by atoms with Gasteiger partial charge in [-0.1, -0.05) is 42.5 Å². The van der Waals surface area contributed by atoms with E-state index in [1.807, 2.05) is 12.1 Å². The van der Waals surface area contributed by atoms with Gasteiger partial charge in [-0.3, -0.25) is 9.63 Å². The van der Waals surface area contributed by atoms with Crippen LogP contribution in [0.25, 0.3) is 11.1 Å². The summed E-state index contributed by atoms with van der Waals surface area (Å²) >= 11 is 0. The molecule has 1 amide bonds. The molecule has 1 saturated heterocycles. The molecule has 0 radical (unpaired) electrons. The largest absolute Gasteiger partial charge is 0.396 e. The zero-order chi connectivity index (χ0) is 24.6. The lowest BCUT2D eigenvalue weighted by atomic mass is 9.81. The molecule has 0 saturated carbocycles. The second kappa shape index (κ2) is 8.28. The third-order valence-electron chi connectivity index (χ3n) is 8.62. The molecule has 7 heteroatoms. The van der Waals surface area contributed by atoms with Crippen molar-refractivity contribution in [2.45, 2.75) is 49.9 Å². The number of carbonyl (C=O) groups is 1. The minimum atomic E-state index is -0.184. The van der Waals surface area contributed by atoms with Crippen LogP contribution in [0.5, 0.6) is 0 Å². The quantitative estimate of drug-likeness (QED) is 0.515. The Hall–Kier alpha value is -2.97. The summed E-state index contributed by atoms with van der Waals surface area (Å²) in [6, 6.07) is 8.68. The molecule has 0 spiro atoms. The maximum Gasteiger partial charge on any atom is 0.252 e. The van der Waals surface area contributed by atoms with E-state index in [0.29, 0.717) is 13.0 Å². The number of aliphatic hydroxyl groups excluding tert-OH is 2. The van der Waals surface area contributed by atoms with Crippen molar-refractivity contribution in [1.82, 2.24) is 10.4 Å². The van der Waals surface area contributed by atoms with Gasteiger partial charge in [0.2, 0.25) is 0 Å². The van der Waals surface area contributed by atoms with E-state index < -0.39 is 0 Å². The normalized spacial score (nSPS) is 27.5. The van der Waals surface area contributed by atoms with Crippen LogP contribution in [0.4, 0.5) is 5.69 Å². The Morgan fingerprint density at radius 2 is 2.03 bits per heavy atom. The van der Waals surface area contributed by atoms with Gasteiger partial charge in [-0.15, -0.1) is 0 Å². The number of fused-ring (bicyclic) bond motifs is 10. The van der Waals surface area contributed by atoms with E-state index in [4.69, 9.17) is 4.84 Å². The highest BCUT2D eigenvalue weighted by Gasteiger charge is 2.46. The molecule has 4 atom stereocenters. The van der Waals surface area contributed by atoms with Crippen molar-refractivity contribution in [3.8, 4) is 11.1 Å². The zero-order valence-corrected chi connectivity index (χ0v) is 20.4. The van der Waals surface area contributed by atoms with Crippen LogP contribution in [0.2, 0.25) is 0 Å². The van der Waals surface area contributed by atoms with Crippen molar-refractivity contribution < 1.29 is 19.8 Å². The third kappa shape index (κ3) is 3.03. The van der Waals surface area contributed by atoms with Gasteiger partial charge in [-0.05, 0) is 46.2 Å². The maximum atomic E-state index is 13.2. The van der Waals surface area contributed by atoms with Gasteiger partial charge in [0.25, 0.3) is 5.91 Å². The van der Waals surface area contributed by atoms with Crippen LogP contribution in [0, 0.1) is 0 Å². The van der Waals surface area contributed by atoms with Gasteiger partial charge in [0.15, 0.2) is 0 Å². The first-order valence-electron chi connectivity index (χ1n) is 13.0. The summed E-state index contributed by atoms with van der Waals surface area (Å²) in [7, 11) is 1.93. The zero-order valence-electron chi connectivity index (χ0n) is 20.4. The Morgan fingerprint density at radius 1 is 1.17 bits per heavy atom. The molecular formula is C29H31N3O4. The number of rotatable bonds is 5. The second-order valence-electron chi connectivity index (χ2n) is 10.5. The van der Waals surface area contributed by atoms with Crippen molar-refractivity contribution in [1.29, 1.82) is 0 Å². The lowest BCUT2D eigenvalue weighted by molar-refractivity contribution is -0.147. The molecule has 4 unspecified atom stereocenters. The van der Waals surface area contributed by atoms with Gasteiger partial charge < -0.3 is 20.4 Å². The van der Waals surface area contributed by atoms with Crippen LogP contribution in [0.3, 0.4) is 0 Å². The van der Waals surface area contributed by atoms with Crippen molar-refractivity contribution in [2.75, 3.05) is 31.7 Å². The summed E-state index contributed by atoms with van der Waals surface area (Å²) in [5, 5.41) is 24.3. The molecule has 0 bridgehead atoms. The van der Waals surface area contributed by atoms with Crippen LogP contribution in [0.15, 0.2) is 48.1 Å². The molecule has 0 aromatic heterocycles. The van der Waals surface area contributed by atoms with Crippen LogP contribution in [-0.2, 0) is 17.8 Å². The Labute approximate surface area is 210 Å². The molecule has 36 heavy (non-hydrogen) atoms. The number of hydrogen-bond donors (Lipinski definition) is 3. The fourth-order valence-corrected chi connectivity index (χ4v) is 7.14. The number of carbonyl (C=O) groups excluding carboxylic acids is 1. The molecule has 3 N–H and O–H groups in total.